The predicted octanol–water partition coefficient (Wildman–Crippen LogP) is 4.54. The lowest BCUT2D eigenvalue weighted by Gasteiger charge is -2.12. The van der Waals surface area contributed by atoms with Gasteiger partial charge in [0, 0.05) is 37.0 Å². The van der Waals surface area contributed by atoms with Crippen LogP contribution in [0.5, 0.6) is 5.75 Å². The highest BCUT2D eigenvalue weighted by molar-refractivity contribution is 5.93. The summed E-state index contributed by atoms with van der Waals surface area (Å²) in [4.78, 5) is 12.8. The lowest BCUT2D eigenvalue weighted by molar-refractivity contribution is 0.211. The highest BCUT2D eigenvalue weighted by Crippen LogP contribution is 2.28. The van der Waals surface area contributed by atoms with Crippen molar-refractivity contribution in [3.8, 4) is 5.75 Å². The molecular formula is C23H22FN5O2. The third-order valence-electron chi connectivity index (χ3n) is 4.58. The molecule has 2 aromatic carbocycles. The minimum atomic E-state index is -0.445. The van der Waals surface area contributed by atoms with Gasteiger partial charge in [-0.3, -0.25) is 4.98 Å². The molecule has 2 aromatic heterocycles. The van der Waals surface area contributed by atoms with Crippen molar-refractivity contribution in [2.45, 2.75) is 6.61 Å². The van der Waals surface area contributed by atoms with Gasteiger partial charge in [0.1, 0.15) is 30.3 Å². The maximum absolute atomic E-state index is 14.7. The first-order valence-corrected chi connectivity index (χ1v) is 9.80. The van der Waals surface area contributed by atoms with E-state index in [4.69, 9.17) is 9.47 Å². The van der Waals surface area contributed by atoms with E-state index in [0.29, 0.717) is 30.4 Å². The minimum absolute atomic E-state index is 0.266. The van der Waals surface area contributed by atoms with Gasteiger partial charge in [0.2, 0.25) is 0 Å². The number of nitrogens with zero attached hydrogens (tertiary/aromatic N) is 3. The Hall–Kier alpha value is -3.78. The van der Waals surface area contributed by atoms with Gasteiger partial charge in [-0.2, -0.15) is 0 Å². The van der Waals surface area contributed by atoms with Crippen LogP contribution < -0.4 is 15.4 Å². The predicted molar refractivity (Wildman–Crippen MR) is 118 cm³/mol. The molecule has 0 atom stereocenters. The van der Waals surface area contributed by atoms with Crippen molar-refractivity contribution in [3.05, 3.63) is 78.6 Å². The molecule has 0 aliphatic carbocycles. The third kappa shape index (κ3) is 5.23. The fraction of sp³-hybridized carbons (Fsp3) is 0.174. The molecule has 0 amide bonds. The Bertz CT molecular complexity index is 1160. The molecule has 0 spiro atoms. The fourth-order valence-corrected chi connectivity index (χ4v) is 3.02. The summed E-state index contributed by atoms with van der Waals surface area (Å²) in [7, 11) is 1.65. The van der Waals surface area contributed by atoms with Crippen LogP contribution in [0.2, 0.25) is 0 Å². The van der Waals surface area contributed by atoms with E-state index in [1.54, 1.807) is 25.4 Å². The molecule has 158 valence electrons. The van der Waals surface area contributed by atoms with Crippen LogP contribution in [-0.2, 0) is 11.3 Å². The van der Waals surface area contributed by atoms with Gasteiger partial charge >= 0.3 is 0 Å². The largest absolute Gasteiger partial charge is 0.487 e. The molecule has 0 saturated heterocycles. The van der Waals surface area contributed by atoms with Crippen LogP contribution in [0.25, 0.3) is 10.9 Å². The zero-order valence-corrected chi connectivity index (χ0v) is 17.0. The minimum Gasteiger partial charge on any atom is -0.487 e. The number of benzene rings is 2. The first kappa shape index (κ1) is 20.5. The first-order chi connectivity index (χ1) is 15.2. The molecule has 4 aromatic rings. The highest BCUT2D eigenvalue weighted by Gasteiger charge is 2.10. The van der Waals surface area contributed by atoms with Crippen LogP contribution in [0.1, 0.15) is 5.69 Å². The molecule has 0 aliphatic heterocycles. The number of halogens is 1. The van der Waals surface area contributed by atoms with Gasteiger partial charge in [-0.1, -0.05) is 6.07 Å². The lowest BCUT2D eigenvalue weighted by atomic mass is 10.2. The van der Waals surface area contributed by atoms with E-state index in [-0.39, 0.29) is 6.61 Å². The molecule has 2 heterocycles. The van der Waals surface area contributed by atoms with E-state index in [9.17, 15) is 4.39 Å². The summed E-state index contributed by atoms with van der Waals surface area (Å²) < 4.78 is 25.4. The molecule has 0 bridgehead atoms. The van der Waals surface area contributed by atoms with E-state index in [2.05, 4.69) is 25.6 Å². The Morgan fingerprint density at radius 3 is 2.74 bits per heavy atom. The number of hydrogen-bond acceptors (Lipinski definition) is 7. The molecule has 7 nitrogen and oxygen atoms in total. The van der Waals surface area contributed by atoms with Crippen molar-refractivity contribution in [1.29, 1.82) is 0 Å². The average Bonchev–Trinajstić information content (AvgIpc) is 2.80. The van der Waals surface area contributed by atoms with E-state index in [1.807, 2.05) is 36.4 Å². The molecule has 0 saturated carbocycles. The zero-order chi connectivity index (χ0) is 21.5. The van der Waals surface area contributed by atoms with Crippen molar-refractivity contribution < 1.29 is 13.9 Å². The Morgan fingerprint density at radius 2 is 1.94 bits per heavy atom. The Balaban J connectivity index is 1.50. The monoisotopic (exact) mass is 419 g/mol. The first-order valence-electron chi connectivity index (χ1n) is 9.80. The molecule has 8 heteroatoms. The smallest absolute Gasteiger partial charge is 0.150 e. The number of rotatable bonds is 9. The molecule has 4 rings (SSSR count). The summed E-state index contributed by atoms with van der Waals surface area (Å²) in [5.41, 5.74) is 2.72. The van der Waals surface area contributed by atoms with E-state index >= 15 is 0 Å². The van der Waals surface area contributed by atoms with Crippen LogP contribution in [0, 0.1) is 5.82 Å². The van der Waals surface area contributed by atoms with E-state index in [1.165, 1.54) is 12.4 Å². The second kappa shape index (κ2) is 9.82. The third-order valence-corrected chi connectivity index (χ3v) is 4.58. The number of hydrogen-bond donors (Lipinski definition) is 2. The molecule has 0 fully saturated rings. The number of anilines is 3. The fourth-order valence-electron chi connectivity index (χ4n) is 3.02. The van der Waals surface area contributed by atoms with Crippen molar-refractivity contribution >= 4 is 28.1 Å². The summed E-state index contributed by atoms with van der Waals surface area (Å²) in [6.45, 7) is 1.53. The summed E-state index contributed by atoms with van der Waals surface area (Å²) in [5, 5.41) is 7.11. The summed E-state index contributed by atoms with van der Waals surface area (Å²) in [6, 6.07) is 16.0. The normalized spacial score (nSPS) is 10.8. The SMILES string of the molecule is COCCNc1ccc2ncnc(Nc3ccc(OCc4ccccn4)cc3F)c2c1. The van der Waals surface area contributed by atoms with Gasteiger partial charge in [0.05, 0.1) is 23.5 Å². The van der Waals surface area contributed by atoms with Crippen LogP contribution in [0.3, 0.4) is 0 Å². The number of pyridine rings is 1. The Kier molecular flexibility index (Phi) is 6.49. The van der Waals surface area contributed by atoms with Crippen molar-refractivity contribution in [1.82, 2.24) is 15.0 Å². The summed E-state index contributed by atoms with van der Waals surface area (Å²) in [5.74, 6) is 0.493. The molecule has 2 N–H and O–H groups in total. The molecule has 0 aliphatic rings. The number of methoxy groups -OCH3 is 1. The molecule has 0 unspecified atom stereocenters. The van der Waals surface area contributed by atoms with Gasteiger partial charge in [-0.25, -0.2) is 14.4 Å². The highest BCUT2D eigenvalue weighted by atomic mass is 19.1. The second-order valence-electron chi connectivity index (χ2n) is 6.75. The summed E-state index contributed by atoms with van der Waals surface area (Å²) in [6.07, 6.45) is 3.14. The summed E-state index contributed by atoms with van der Waals surface area (Å²) >= 11 is 0. The number of ether oxygens (including phenoxy) is 2. The van der Waals surface area contributed by atoms with Gasteiger partial charge < -0.3 is 20.1 Å². The molecule has 31 heavy (non-hydrogen) atoms. The van der Waals surface area contributed by atoms with Gasteiger partial charge in [-0.15, -0.1) is 0 Å². The topological polar surface area (TPSA) is 81.2 Å². The van der Waals surface area contributed by atoms with Crippen molar-refractivity contribution in [3.63, 3.8) is 0 Å². The van der Waals surface area contributed by atoms with Crippen LogP contribution in [-0.4, -0.2) is 35.2 Å². The second-order valence-corrected chi connectivity index (χ2v) is 6.75. The van der Waals surface area contributed by atoms with Crippen molar-refractivity contribution in [2.75, 3.05) is 30.9 Å². The average molecular weight is 419 g/mol. The number of nitrogens with one attached hydrogen (secondary N) is 2. The van der Waals surface area contributed by atoms with Crippen LogP contribution >= 0.6 is 0 Å². The van der Waals surface area contributed by atoms with E-state index in [0.717, 1.165) is 22.3 Å². The quantitative estimate of drug-likeness (QED) is 0.385. The maximum Gasteiger partial charge on any atom is 0.150 e. The number of fused-ring (bicyclic) bond motifs is 1. The number of aromatic nitrogens is 3. The Labute approximate surface area is 179 Å². The van der Waals surface area contributed by atoms with Gasteiger partial charge in [0.25, 0.3) is 0 Å². The van der Waals surface area contributed by atoms with Crippen LogP contribution in [0.15, 0.2) is 67.1 Å². The van der Waals surface area contributed by atoms with E-state index < -0.39 is 5.82 Å². The molecule has 0 radical (unpaired) electrons. The standard InChI is InChI=1S/C23H22FN5O2/c1-30-11-10-26-16-5-7-21-19(12-16)23(28-15-27-21)29-22-8-6-18(13-20(22)24)31-14-17-4-2-3-9-25-17/h2-9,12-13,15,26H,10-11,14H2,1H3,(H,27,28,29). The maximum atomic E-state index is 14.7. The zero-order valence-electron chi connectivity index (χ0n) is 17.0. The van der Waals surface area contributed by atoms with Gasteiger partial charge in [0.15, 0.2) is 0 Å². The lowest BCUT2D eigenvalue weighted by Crippen LogP contribution is -2.07. The van der Waals surface area contributed by atoms with Crippen LogP contribution in [0.4, 0.5) is 21.6 Å². The Morgan fingerprint density at radius 1 is 1.00 bits per heavy atom. The van der Waals surface area contributed by atoms with Crippen molar-refractivity contribution in [2.24, 2.45) is 0 Å². The van der Waals surface area contributed by atoms with Gasteiger partial charge in [-0.05, 0) is 42.5 Å². The molecular weight excluding hydrogens is 397 g/mol.